The van der Waals surface area contributed by atoms with Crippen LogP contribution in [0.1, 0.15) is 63.0 Å². The van der Waals surface area contributed by atoms with Gasteiger partial charge in [-0.15, -0.1) is 0 Å². The molecule has 2 aromatic carbocycles. The Morgan fingerprint density at radius 1 is 1.07 bits per heavy atom. The number of esters is 1. The molecule has 0 saturated carbocycles. The largest absolute Gasteiger partial charge is 0.483 e. The van der Waals surface area contributed by atoms with Crippen LogP contribution in [0.3, 0.4) is 0 Å². The van der Waals surface area contributed by atoms with Gasteiger partial charge in [0.25, 0.3) is 0 Å². The highest BCUT2D eigenvalue weighted by Crippen LogP contribution is 2.47. The second kappa shape index (κ2) is 11.1. The molecule has 226 valence electrons. The first-order valence-electron chi connectivity index (χ1n) is 14.0. The van der Waals surface area contributed by atoms with E-state index in [1.807, 2.05) is 33.8 Å². The average Bonchev–Trinajstić information content (AvgIpc) is 3.20. The standard InChI is InChI=1S/C31H34N4O8/c1-17(2)15-24(27(37)41-6)32-28(38)42-21-11-12-22-25(16-21)43-31(4,5)23-13-14-33-29(39)34(30(40)35(33)26(22)23)20-9-7-19(8-10-20)18(3)36/h7-13,16-17,24,26H,14-15H2,1-6H3,(H,32,38)/t24-,26?/m0/s1. The third-order valence-electron chi connectivity index (χ3n) is 7.65. The van der Waals surface area contributed by atoms with Crippen LogP contribution < -0.4 is 26.2 Å². The van der Waals surface area contributed by atoms with Crippen molar-refractivity contribution in [3.63, 3.8) is 0 Å². The maximum absolute atomic E-state index is 13.9. The fourth-order valence-corrected chi connectivity index (χ4v) is 5.61. The van der Waals surface area contributed by atoms with Crippen molar-refractivity contribution in [2.45, 2.75) is 65.3 Å². The van der Waals surface area contributed by atoms with Crippen LogP contribution >= 0.6 is 0 Å². The van der Waals surface area contributed by atoms with Crippen molar-refractivity contribution < 1.29 is 28.6 Å². The summed E-state index contributed by atoms with van der Waals surface area (Å²) in [6, 6.07) is 9.56. The smallest absolute Gasteiger partial charge is 0.413 e. The number of fused-ring (bicyclic) bond motifs is 5. The number of carbonyl (C=O) groups is 3. The predicted molar refractivity (Wildman–Crippen MR) is 156 cm³/mol. The fourth-order valence-electron chi connectivity index (χ4n) is 5.61. The lowest BCUT2D eigenvalue weighted by atomic mass is 9.83. The van der Waals surface area contributed by atoms with Crippen LogP contribution in [0, 0.1) is 5.92 Å². The first-order chi connectivity index (χ1) is 20.3. The molecule has 3 aromatic rings. The van der Waals surface area contributed by atoms with Crippen molar-refractivity contribution in [1.29, 1.82) is 0 Å². The van der Waals surface area contributed by atoms with Gasteiger partial charge in [-0.3, -0.25) is 4.79 Å². The van der Waals surface area contributed by atoms with E-state index in [0.717, 1.165) is 10.1 Å². The van der Waals surface area contributed by atoms with Crippen molar-refractivity contribution in [1.82, 2.24) is 19.2 Å². The number of amides is 1. The van der Waals surface area contributed by atoms with E-state index in [0.29, 0.717) is 29.0 Å². The van der Waals surface area contributed by atoms with Gasteiger partial charge < -0.3 is 19.5 Å². The average molecular weight is 591 g/mol. The van der Waals surface area contributed by atoms with Gasteiger partial charge in [0.15, 0.2) is 5.78 Å². The normalized spacial score (nSPS) is 17.0. The van der Waals surface area contributed by atoms with Crippen molar-refractivity contribution >= 4 is 17.8 Å². The summed E-state index contributed by atoms with van der Waals surface area (Å²) in [6.45, 7) is 9.17. The molecule has 0 spiro atoms. The lowest BCUT2D eigenvalue weighted by Gasteiger charge is -2.42. The number of nitrogens with zero attached hydrogens (tertiary/aromatic N) is 3. The molecule has 2 aliphatic rings. The molecule has 12 heteroatoms. The van der Waals surface area contributed by atoms with E-state index in [2.05, 4.69) is 5.32 Å². The number of ketones is 1. The molecule has 1 amide bonds. The minimum Gasteiger partial charge on any atom is -0.483 e. The second-order valence-corrected chi connectivity index (χ2v) is 11.5. The third kappa shape index (κ3) is 5.40. The zero-order chi connectivity index (χ0) is 31.2. The van der Waals surface area contributed by atoms with Crippen LogP contribution in [0.5, 0.6) is 11.5 Å². The molecule has 3 heterocycles. The monoisotopic (exact) mass is 590 g/mol. The van der Waals surface area contributed by atoms with Gasteiger partial charge in [0.05, 0.1) is 19.3 Å². The summed E-state index contributed by atoms with van der Waals surface area (Å²) >= 11 is 0. The molecule has 0 bridgehead atoms. The number of carbonyl (C=O) groups excluding carboxylic acids is 3. The van der Waals surface area contributed by atoms with E-state index in [1.165, 1.54) is 23.4 Å². The summed E-state index contributed by atoms with van der Waals surface area (Å²) in [5.74, 6) is -0.0405. The highest BCUT2D eigenvalue weighted by molar-refractivity contribution is 5.94. The summed E-state index contributed by atoms with van der Waals surface area (Å²) in [6.07, 6.45) is 1.43. The number of nitrogens with one attached hydrogen (secondary N) is 1. The summed E-state index contributed by atoms with van der Waals surface area (Å²) in [5.41, 5.74) is 0.297. The number of Topliss-reactive ketones (excluding diaryl/α,β-unsaturated/α-hetero) is 1. The Labute approximate surface area is 247 Å². The second-order valence-electron chi connectivity index (χ2n) is 11.5. The molecule has 0 fully saturated rings. The summed E-state index contributed by atoms with van der Waals surface area (Å²) in [7, 11) is 1.25. The molecule has 1 N–H and O–H groups in total. The summed E-state index contributed by atoms with van der Waals surface area (Å²) < 4.78 is 20.5. The van der Waals surface area contributed by atoms with E-state index in [1.54, 1.807) is 42.5 Å². The van der Waals surface area contributed by atoms with E-state index in [4.69, 9.17) is 14.2 Å². The highest BCUT2D eigenvalue weighted by atomic mass is 16.6. The third-order valence-corrected chi connectivity index (χ3v) is 7.65. The molecular formula is C31H34N4O8. The molecule has 2 aliphatic heterocycles. The Morgan fingerprint density at radius 3 is 2.40 bits per heavy atom. The maximum atomic E-state index is 13.9. The highest BCUT2D eigenvalue weighted by Gasteiger charge is 2.44. The van der Waals surface area contributed by atoms with E-state index >= 15 is 0 Å². The number of methoxy groups -OCH3 is 1. The maximum Gasteiger partial charge on any atom is 0.413 e. The Kier molecular flexibility index (Phi) is 7.63. The van der Waals surface area contributed by atoms with E-state index in [-0.39, 0.29) is 24.0 Å². The van der Waals surface area contributed by atoms with Crippen LogP contribution in [0.25, 0.3) is 5.69 Å². The van der Waals surface area contributed by atoms with Gasteiger partial charge in [0.2, 0.25) is 0 Å². The SMILES string of the molecule is COC(=O)[C@H](CC(C)C)NC(=O)Oc1ccc2c(c1)OC(C)(C)C1=CCn3c(=O)n(-c4ccc(C(C)=O)cc4)c(=O)n3C12. The van der Waals surface area contributed by atoms with Gasteiger partial charge in [-0.2, -0.15) is 0 Å². The van der Waals surface area contributed by atoms with Gasteiger partial charge in [0.1, 0.15) is 29.2 Å². The molecule has 0 aliphatic carbocycles. The van der Waals surface area contributed by atoms with Crippen LogP contribution in [-0.2, 0) is 16.1 Å². The lowest BCUT2D eigenvalue weighted by Crippen LogP contribution is -2.46. The predicted octanol–water partition coefficient (Wildman–Crippen LogP) is 3.38. The number of hydrogen-bond acceptors (Lipinski definition) is 8. The van der Waals surface area contributed by atoms with Crippen molar-refractivity contribution in [2.75, 3.05) is 7.11 Å². The lowest BCUT2D eigenvalue weighted by molar-refractivity contribution is -0.143. The van der Waals surface area contributed by atoms with Gasteiger partial charge in [-0.25, -0.2) is 33.1 Å². The minimum atomic E-state index is -0.869. The van der Waals surface area contributed by atoms with Crippen molar-refractivity contribution in [3.05, 3.63) is 86.2 Å². The number of allylic oxidation sites excluding steroid dienone is 1. The quantitative estimate of drug-likeness (QED) is 0.251. The first-order valence-corrected chi connectivity index (χ1v) is 14.0. The molecule has 43 heavy (non-hydrogen) atoms. The Morgan fingerprint density at radius 2 is 1.77 bits per heavy atom. The molecule has 2 atom stereocenters. The zero-order valence-electron chi connectivity index (χ0n) is 24.9. The molecular weight excluding hydrogens is 556 g/mol. The van der Waals surface area contributed by atoms with Gasteiger partial charge in [-0.1, -0.05) is 19.9 Å². The zero-order valence-corrected chi connectivity index (χ0v) is 24.9. The van der Waals surface area contributed by atoms with Crippen LogP contribution in [0.4, 0.5) is 4.79 Å². The number of ether oxygens (including phenoxy) is 3. The number of aromatic nitrogens is 3. The number of benzene rings is 2. The minimum absolute atomic E-state index is 0.122. The van der Waals surface area contributed by atoms with Gasteiger partial charge in [-0.05, 0) is 75.1 Å². The van der Waals surface area contributed by atoms with Crippen molar-refractivity contribution in [3.8, 4) is 17.2 Å². The van der Waals surface area contributed by atoms with Crippen molar-refractivity contribution in [2.24, 2.45) is 5.92 Å². The Balaban J connectivity index is 1.50. The summed E-state index contributed by atoms with van der Waals surface area (Å²) in [5, 5.41) is 2.55. The molecule has 0 radical (unpaired) electrons. The molecule has 1 unspecified atom stereocenters. The van der Waals surface area contributed by atoms with Gasteiger partial charge in [0, 0.05) is 17.2 Å². The Hall–Kier alpha value is -4.87. The van der Waals surface area contributed by atoms with E-state index < -0.39 is 41.1 Å². The molecule has 0 saturated heterocycles. The van der Waals surface area contributed by atoms with Crippen LogP contribution in [0.15, 0.2) is 63.7 Å². The topological polar surface area (TPSA) is 140 Å². The van der Waals surface area contributed by atoms with E-state index in [9.17, 15) is 24.0 Å². The molecule has 1 aromatic heterocycles. The summed E-state index contributed by atoms with van der Waals surface area (Å²) in [4.78, 5) is 63.9. The van der Waals surface area contributed by atoms with Crippen LogP contribution in [-0.4, -0.2) is 50.5 Å². The van der Waals surface area contributed by atoms with Crippen LogP contribution in [0.2, 0.25) is 0 Å². The number of rotatable bonds is 7. The molecule has 5 rings (SSSR count). The van der Waals surface area contributed by atoms with Gasteiger partial charge >= 0.3 is 23.4 Å². The number of hydrogen-bond donors (Lipinski definition) is 1. The first kappa shape index (κ1) is 29.6. The Bertz CT molecular complexity index is 1760. The fraction of sp³-hybridized carbons (Fsp3) is 0.387. The molecule has 12 nitrogen and oxygen atoms in total.